The van der Waals surface area contributed by atoms with Gasteiger partial charge in [-0.25, -0.2) is 8.42 Å². The summed E-state index contributed by atoms with van der Waals surface area (Å²) in [7, 11) is -3.50. The van der Waals surface area contributed by atoms with Crippen molar-refractivity contribution in [2.45, 2.75) is 19.3 Å². The SMILES string of the molecule is CC(C)(C(=O)N1CCN(S(=O)(=O)/C=C/c2ccccc2)CC1)c1ccccc1. The van der Waals surface area contributed by atoms with Gasteiger partial charge >= 0.3 is 0 Å². The van der Waals surface area contributed by atoms with Crippen LogP contribution in [0.5, 0.6) is 0 Å². The van der Waals surface area contributed by atoms with Crippen molar-refractivity contribution in [3.63, 3.8) is 0 Å². The van der Waals surface area contributed by atoms with Crippen molar-refractivity contribution in [1.29, 1.82) is 0 Å². The van der Waals surface area contributed by atoms with Gasteiger partial charge in [-0.2, -0.15) is 4.31 Å². The van der Waals surface area contributed by atoms with Gasteiger partial charge in [0, 0.05) is 31.6 Å². The van der Waals surface area contributed by atoms with Gasteiger partial charge in [0.05, 0.1) is 5.41 Å². The molecule has 1 saturated heterocycles. The van der Waals surface area contributed by atoms with Gasteiger partial charge in [0.2, 0.25) is 15.9 Å². The Hall–Kier alpha value is -2.44. The molecule has 0 saturated carbocycles. The fraction of sp³-hybridized carbons (Fsp3) is 0.318. The molecular formula is C22H26N2O3S. The number of benzene rings is 2. The average Bonchev–Trinajstić information content (AvgIpc) is 2.73. The maximum atomic E-state index is 13.0. The van der Waals surface area contributed by atoms with Crippen LogP contribution in [-0.2, 0) is 20.2 Å². The number of rotatable bonds is 5. The number of hydrogen-bond donors (Lipinski definition) is 0. The van der Waals surface area contributed by atoms with E-state index in [1.165, 1.54) is 9.71 Å². The van der Waals surface area contributed by atoms with Gasteiger partial charge in [-0.05, 0) is 31.1 Å². The van der Waals surface area contributed by atoms with E-state index in [0.717, 1.165) is 11.1 Å². The monoisotopic (exact) mass is 398 g/mol. The summed E-state index contributed by atoms with van der Waals surface area (Å²) in [5.74, 6) is 0.0237. The highest BCUT2D eigenvalue weighted by molar-refractivity contribution is 7.92. The number of hydrogen-bond acceptors (Lipinski definition) is 3. The summed E-state index contributed by atoms with van der Waals surface area (Å²) in [4.78, 5) is 14.8. The van der Waals surface area contributed by atoms with Crippen molar-refractivity contribution < 1.29 is 13.2 Å². The molecule has 1 heterocycles. The molecule has 0 spiro atoms. The van der Waals surface area contributed by atoms with Crippen LogP contribution in [0, 0.1) is 0 Å². The number of sulfonamides is 1. The van der Waals surface area contributed by atoms with Crippen LogP contribution >= 0.6 is 0 Å². The normalized spacial score (nSPS) is 16.4. The predicted octanol–water partition coefficient (Wildman–Crippen LogP) is 3.11. The molecule has 0 N–H and O–H groups in total. The van der Waals surface area contributed by atoms with Gasteiger partial charge < -0.3 is 4.90 Å². The second kappa shape index (κ2) is 8.29. The molecule has 0 atom stereocenters. The molecular weight excluding hydrogens is 372 g/mol. The molecule has 1 amide bonds. The lowest BCUT2D eigenvalue weighted by molar-refractivity contribution is -0.137. The first-order valence-corrected chi connectivity index (χ1v) is 10.9. The molecule has 1 aliphatic rings. The van der Waals surface area contributed by atoms with Crippen molar-refractivity contribution in [2.75, 3.05) is 26.2 Å². The van der Waals surface area contributed by atoms with E-state index in [1.807, 2.05) is 74.5 Å². The highest BCUT2D eigenvalue weighted by Gasteiger charge is 2.36. The third-order valence-electron chi connectivity index (χ3n) is 5.15. The van der Waals surface area contributed by atoms with Crippen molar-refractivity contribution in [3.05, 3.63) is 77.2 Å². The number of nitrogens with zero attached hydrogens (tertiary/aromatic N) is 2. The minimum Gasteiger partial charge on any atom is -0.339 e. The van der Waals surface area contributed by atoms with Crippen molar-refractivity contribution >= 4 is 22.0 Å². The van der Waals surface area contributed by atoms with Gasteiger partial charge in [0.15, 0.2) is 0 Å². The van der Waals surface area contributed by atoms with Crippen LogP contribution in [-0.4, -0.2) is 49.7 Å². The fourth-order valence-electron chi connectivity index (χ4n) is 3.33. The summed E-state index contributed by atoms with van der Waals surface area (Å²) in [6, 6.07) is 19.0. The van der Waals surface area contributed by atoms with E-state index in [4.69, 9.17) is 0 Å². The lowest BCUT2D eigenvalue weighted by atomic mass is 9.83. The van der Waals surface area contributed by atoms with Crippen molar-refractivity contribution in [1.82, 2.24) is 9.21 Å². The minimum absolute atomic E-state index is 0.0237. The molecule has 0 aromatic heterocycles. The first-order valence-electron chi connectivity index (χ1n) is 9.39. The summed E-state index contributed by atoms with van der Waals surface area (Å²) in [6.07, 6.45) is 1.60. The Bertz CT molecular complexity index is 930. The zero-order chi connectivity index (χ0) is 20.2. The quantitative estimate of drug-likeness (QED) is 0.778. The molecule has 0 radical (unpaired) electrons. The van der Waals surface area contributed by atoms with E-state index in [1.54, 1.807) is 11.0 Å². The second-order valence-corrected chi connectivity index (χ2v) is 9.26. The van der Waals surface area contributed by atoms with E-state index in [9.17, 15) is 13.2 Å². The van der Waals surface area contributed by atoms with Crippen LogP contribution in [0.4, 0.5) is 0 Å². The molecule has 148 valence electrons. The average molecular weight is 399 g/mol. The number of amides is 1. The molecule has 28 heavy (non-hydrogen) atoms. The van der Waals surface area contributed by atoms with Crippen LogP contribution < -0.4 is 0 Å². The van der Waals surface area contributed by atoms with Crippen LogP contribution in [0.15, 0.2) is 66.1 Å². The number of carbonyl (C=O) groups is 1. The zero-order valence-electron chi connectivity index (χ0n) is 16.3. The lowest BCUT2D eigenvalue weighted by Crippen LogP contribution is -2.54. The fourth-order valence-corrected chi connectivity index (χ4v) is 4.51. The predicted molar refractivity (Wildman–Crippen MR) is 112 cm³/mol. The smallest absolute Gasteiger partial charge is 0.236 e. The first kappa shape index (κ1) is 20.3. The summed E-state index contributed by atoms with van der Waals surface area (Å²) < 4.78 is 26.6. The van der Waals surface area contributed by atoms with Gasteiger partial charge in [-0.3, -0.25) is 4.79 Å². The zero-order valence-corrected chi connectivity index (χ0v) is 17.1. The molecule has 1 aliphatic heterocycles. The number of piperazine rings is 1. The Labute approximate surface area is 167 Å². The second-order valence-electron chi connectivity index (χ2n) is 7.44. The molecule has 1 fully saturated rings. The van der Waals surface area contributed by atoms with Gasteiger partial charge in [0.25, 0.3) is 0 Å². The molecule has 0 bridgehead atoms. The van der Waals surface area contributed by atoms with Gasteiger partial charge in [-0.15, -0.1) is 0 Å². The van der Waals surface area contributed by atoms with Crippen molar-refractivity contribution in [2.24, 2.45) is 0 Å². The third-order valence-corrected chi connectivity index (χ3v) is 6.71. The standard InChI is InChI=1S/C22H26N2O3S/c1-22(2,20-11-7-4-8-12-20)21(25)23-14-16-24(17-15-23)28(26,27)18-13-19-9-5-3-6-10-19/h3-13,18H,14-17H2,1-2H3/b18-13+. The van der Waals surface area contributed by atoms with E-state index in [0.29, 0.717) is 26.2 Å². The Morgan fingerprint density at radius 3 is 2.00 bits per heavy atom. The highest BCUT2D eigenvalue weighted by atomic mass is 32.2. The van der Waals surface area contributed by atoms with Gasteiger partial charge in [0.1, 0.15) is 0 Å². The van der Waals surface area contributed by atoms with Crippen molar-refractivity contribution in [3.8, 4) is 0 Å². The summed E-state index contributed by atoms with van der Waals surface area (Å²) >= 11 is 0. The molecule has 3 rings (SSSR count). The summed E-state index contributed by atoms with van der Waals surface area (Å²) in [5.41, 5.74) is 1.15. The minimum atomic E-state index is -3.50. The molecule has 0 unspecified atom stereocenters. The summed E-state index contributed by atoms with van der Waals surface area (Å²) in [5, 5.41) is 1.24. The topological polar surface area (TPSA) is 57.7 Å². The maximum Gasteiger partial charge on any atom is 0.236 e. The van der Waals surface area contributed by atoms with E-state index >= 15 is 0 Å². The Morgan fingerprint density at radius 1 is 0.893 bits per heavy atom. The Balaban J connectivity index is 1.64. The lowest BCUT2D eigenvalue weighted by Gasteiger charge is -2.38. The van der Waals surface area contributed by atoms with E-state index < -0.39 is 15.4 Å². The largest absolute Gasteiger partial charge is 0.339 e. The molecule has 2 aromatic carbocycles. The van der Waals surface area contributed by atoms with Crippen LogP contribution in [0.3, 0.4) is 0 Å². The highest BCUT2D eigenvalue weighted by Crippen LogP contribution is 2.26. The van der Waals surface area contributed by atoms with Crippen LogP contribution in [0.25, 0.3) is 6.08 Å². The van der Waals surface area contributed by atoms with Crippen LogP contribution in [0.1, 0.15) is 25.0 Å². The molecule has 2 aromatic rings. The maximum absolute atomic E-state index is 13.0. The Kier molecular flexibility index (Phi) is 6.01. The molecule has 6 heteroatoms. The van der Waals surface area contributed by atoms with E-state index in [2.05, 4.69) is 0 Å². The molecule has 0 aliphatic carbocycles. The molecule has 5 nitrogen and oxygen atoms in total. The third kappa shape index (κ3) is 4.51. The van der Waals surface area contributed by atoms with Gasteiger partial charge in [-0.1, -0.05) is 60.7 Å². The van der Waals surface area contributed by atoms with Crippen LogP contribution in [0.2, 0.25) is 0 Å². The summed E-state index contributed by atoms with van der Waals surface area (Å²) in [6.45, 7) is 5.23. The number of carbonyl (C=O) groups excluding carboxylic acids is 1. The first-order chi connectivity index (χ1) is 13.3. The Morgan fingerprint density at radius 2 is 1.43 bits per heavy atom. The van der Waals surface area contributed by atoms with E-state index in [-0.39, 0.29) is 5.91 Å².